The molecule has 0 saturated heterocycles. The van der Waals surface area contributed by atoms with E-state index in [4.69, 9.17) is 10.8 Å². The highest BCUT2D eigenvalue weighted by Crippen LogP contribution is 2.28. The predicted octanol–water partition coefficient (Wildman–Crippen LogP) is 3.33. The number of thiazole rings is 1. The summed E-state index contributed by atoms with van der Waals surface area (Å²) in [6.07, 6.45) is 2.12. The summed E-state index contributed by atoms with van der Waals surface area (Å²) in [5.41, 5.74) is 4.80. The maximum atomic E-state index is 5.75. The number of aryl methyl sites for hydroxylation is 1. The van der Waals surface area contributed by atoms with E-state index in [9.17, 15) is 0 Å². The summed E-state index contributed by atoms with van der Waals surface area (Å²) in [6.45, 7) is 7.01. The van der Waals surface area contributed by atoms with E-state index in [-0.39, 0.29) is 0 Å². The molecule has 1 aromatic carbocycles. The zero-order valence-electron chi connectivity index (χ0n) is 11.3. The van der Waals surface area contributed by atoms with Crippen LogP contribution in [0.3, 0.4) is 0 Å². The number of hydrogen-bond donors (Lipinski definition) is 1. The summed E-state index contributed by atoms with van der Waals surface area (Å²) >= 11 is 1.73. The van der Waals surface area contributed by atoms with Crippen molar-refractivity contribution in [3.63, 3.8) is 0 Å². The third-order valence-electron chi connectivity index (χ3n) is 2.57. The Balaban J connectivity index is 2.56. The minimum atomic E-state index is 0.718. The summed E-state index contributed by atoms with van der Waals surface area (Å²) in [5.74, 6) is 5.75. The van der Waals surface area contributed by atoms with Crippen LogP contribution in [0.2, 0.25) is 0 Å². The smallest absolute Gasteiger partial charge is 0.117 e. The van der Waals surface area contributed by atoms with E-state index in [1.165, 1.54) is 21.4 Å². The Labute approximate surface area is 112 Å². The Morgan fingerprint density at radius 3 is 2.78 bits per heavy atom. The van der Waals surface area contributed by atoms with Gasteiger partial charge in [-0.1, -0.05) is 11.6 Å². The molecule has 0 spiro atoms. The lowest BCUT2D eigenvalue weighted by atomic mass is 10.1. The highest BCUT2D eigenvalue weighted by molar-refractivity contribution is 7.19. The highest BCUT2D eigenvalue weighted by Gasteiger charge is 2.09. The first-order valence-electron chi connectivity index (χ1n) is 5.96. The molecule has 0 saturated carbocycles. The standard InChI is InChI=1S/C14H19N3S/c1-9(2)5-13-16-14-11(8-17(4)15)6-10(3)7-12(14)18-13/h5-7H,8,15H2,1-4H3. The van der Waals surface area contributed by atoms with Gasteiger partial charge in [0, 0.05) is 13.6 Å². The average Bonchev–Trinajstić information content (AvgIpc) is 2.57. The molecule has 0 aliphatic rings. The molecule has 0 radical (unpaired) electrons. The van der Waals surface area contributed by atoms with Gasteiger partial charge in [-0.15, -0.1) is 11.3 Å². The molecule has 18 heavy (non-hydrogen) atoms. The van der Waals surface area contributed by atoms with Crippen molar-refractivity contribution in [2.24, 2.45) is 5.84 Å². The number of nitrogens with two attached hydrogens (primary N) is 1. The van der Waals surface area contributed by atoms with Gasteiger partial charge in [-0.3, -0.25) is 5.84 Å². The summed E-state index contributed by atoms with van der Waals surface area (Å²) < 4.78 is 1.24. The fourth-order valence-electron chi connectivity index (χ4n) is 1.97. The molecule has 0 aliphatic carbocycles. The summed E-state index contributed by atoms with van der Waals surface area (Å²) in [4.78, 5) is 4.71. The van der Waals surface area contributed by atoms with Crippen molar-refractivity contribution in [3.05, 3.63) is 33.8 Å². The summed E-state index contributed by atoms with van der Waals surface area (Å²) in [6, 6.07) is 4.35. The lowest BCUT2D eigenvalue weighted by Crippen LogP contribution is -2.25. The molecule has 2 aromatic rings. The molecule has 0 atom stereocenters. The van der Waals surface area contributed by atoms with Crippen LogP contribution in [-0.2, 0) is 6.54 Å². The highest BCUT2D eigenvalue weighted by atomic mass is 32.1. The molecule has 3 nitrogen and oxygen atoms in total. The zero-order valence-corrected chi connectivity index (χ0v) is 12.1. The Kier molecular flexibility index (Phi) is 3.80. The van der Waals surface area contributed by atoms with E-state index >= 15 is 0 Å². The number of allylic oxidation sites excluding steroid dienone is 1. The van der Waals surface area contributed by atoms with Crippen molar-refractivity contribution >= 4 is 27.6 Å². The first-order chi connectivity index (χ1) is 8.45. The first-order valence-corrected chi connectivity index (χ1v) is 6.78. The van der Waals surface area contributed by atoms with Crippen molar-refractivity contribution in [1.29, 1.82) is 0 Å². The van der Waals surface area contributed by atoms with Crippen LogP contribution in [-0.4, -0.2) is 17.0 Å². The van der Waals surface area contributed by atoms with Gasteiger partial charge in [0.1, 0.15) is 5.01 Å². The van der Waals surface area contributed by atoms with Crippen molar-refractivity contribution in [2.45, 2.75) is 27.3 Å². The second-order valence-electron chi connectivity index (χ2n) is 4.96. The zero-order chi connectivity index (χ0) is 13.3. The van der Waals surface area contributed by atoms with Crippen molar-refractivity contribution in [1.82, 2.24) is 9.99 Å². The van der Waals surface area contributed by atoms with Crippen LogP contribution < -0.4 is 5.84 Å². The van der Waals surface area contributed by atoms with Gasteiger partial charge in [0.15, 0.2) is 0 Å². The second-order valence-corrected chi connectivity index (χ2v) is 6.02. The monoisotopic (exact) mass is 261 g/mol. The maximum absolute atomic E-state index is 5.75. The number of hydrazine groups is 1. The van der Waals surface area contributed by atoms with Gasteiger partial charge < -0.3 is 0 Å². The maximum Gasteiger partial charge on any atom is 0.117 e. The molecule has 0 amide bonds. The number of benzene rings is 1. The number of fused-ring (bicyclic) bond motifs is 1. The van der Waals surface area contributed by atoms with E-state index in [0.29, 0.717) is 0 Å². The molecule has 96 valence electrons. The second kappa shape index (κ2) is 5.18. The van der Waals surface area contributed by atoms with Gasteiger partial charge in [-0.25, -0.2) is 9.99 Å². The Morgan fingerprint density at radius 2 is 2.17 bits per heavy atom. The van der Waals surface area contributed by atoms with Crippen molar-refractivity contribution in [3.8, 4) is 0 Å². The minimum absolute atomic E-state index is 0.718. The van der Waals surface area contributed by atoms with E-state index in [0.717, 1.165) is 17.1 Å². The largest absolute Gasteiger partial charge is 0.269 e. The summed E-state index contributed by atoms with van der Waals surface area (Å²) in [5, 5.41) is 2.75. The predicted molar refractivity (Wildman–Crippen MR) is 79.3 cm³/mol. The Morgan fingerprint density at radius 1 is 1.44 bits per heavy atom. The molecule has 0 fully saturated rings. The molecule has 0 unspecified atom stereocenters. The molecule has 4 heteroatoms. The van der Waals surface area contributed by atoms with Gasteiger partial charge in [0.05, 0.1) is 10.2 Å². The lowest BCUT2D eigenvalue weighted by molar-refractivity contribution is 0.343. The molecule has 2 N–H and O–H groups in total. The van der Waals surface area contributed by atoms with Crippen LogP contribution >= 0.6 is 11.3 Å². The third-order valence-corrected chi connectivity index (χ3v) is 3.52. The summed E-state index contributed by atoms with van der Waals surface area (Å²) in [7, 11) is 1.87. The minimum Gasteiger partial charge on any atom is -0.269 e. The van der Waals surface area contributed by atoms with E-state index in [1.807, 2.05) is 7.05 Å². The van der Waals surface area contributed by atoms with E-state index in [2.05, 4.69) is 39.0 Å². The van der Waals surface area contributed by atoms with Gasteiger partial charge in [0.2, 0.25) is 0 Å². The van der Waals surface area contributed by atoms with Crippen molar-refractivity contribution < 1.29 is 0 Å². The van der Waals surface area contributed by atoms with Gasteiger partial charge in [-0.2, -0.15) is 0 Å². The van der Waals surface area contributed by atoms with Crippen molar-refractivity contribution in [2.75, 3.05) is 7.05 Å². The van der Waals surface area contributed by atoms with Crippen LogP contribution in [0.5, 0.6) is 0 Å². The topological polar surface area (TPSA) is 42.2 Å². The van der Waals surface area contributed by atoms with Gasteiger partial charge in [0.25, 0.3) is 0 Å². The van der Waals surface area contributed by atoms with Crippen LogP contribution in [0.4, 0.5) is 0 Å². The average molecular weight is 261 g/mol. The molecule has 0 aliphatic heterocycles. The molecular formula is C14H19N3S. The molecule has 1 heterocycles. The fraction of sp³-hybridized carbons (Fsp3) is 0.357. The Bertz CT molecular complexity index is 592. The number of aromatic nitrogens is 1. The molecule has 2 rings (SSSR count). The van der Waals surface area contributed by atoms with Crippen LogP contribution in [0.1, 0.15) is 30.0 Å². The molecular weight excluding hydrogens is 242 g/mol. The SMILES string of the molecule is CC(C)=Cc1nc2c(CN(C)N)cc(C)cc2s1. The van der Waals surface area contributed by atoms with Gasteiger partial charge in [-0.05, 0) is 44.0 Å². The normalized spacial score (nSPS) is 11.2. The molecule has 0 bridgehead atoms. The number of hydrogen-bond acceptors (Lipinski definition) is 4. The van der Waals surface area contributed by atoms with E-state index in [1.54, 1.807) is 16.3 Å². The van der Waals surface area contributed by atoms with E-state index < -0.39 is 0 Å². The van der Waals surface area contributed by atoms with Crippen LogP contribution in [0, 0.1) is 6.92 Å². The van der Waals surface area contributed by atoms with Gasteiger partial charge >= 0.3 is 0 Å². The lowest BCUT2D eigenvalue weighted by Gasteiger charge is -2.10. The fourth-order valence-corrected chi connectivity index (χ4v) is 3.14. The van der Waals surface area contributed by atoms with Crippen LogP contribution in [0.15, 0.2) is 17.7 Å². The first kappa shape index (κ1) is 13.2. The molecule has 1 aromatic heterocycles. The number of nitrogens with zero attached hydrogens (tertiary/aromatic N) is 2. The number of rotatable bonds is 3. The Hall–Kier alpha value is -1.23. The van der Waals surface area contributed by atoms with Crippen LogP contribution in [0.25, 0.3) is 16.3 Å². The third kappa shape index (κ3) is 2.96. The quantitative estimate of drug-likeness (QED) is 0.680.